The lowest BCUT2D eigenvalue weighted by Gasteiger charge is -2.06. The van der Waals surface area contributed by atoms with E-state index in [2.05, 4.69) is 15.3 Å². The number of hydrogen-bond acceptors (Lipinski definition) is 6. The first kappa shape index (κ1) is 12.1. The molecular weight excluding hydrogens is 212 g/mol. The van der Waals surface area contributed by atoms with Crippen molar-refractivity contribution in [1.82, 2.24) is 9.97 Å². The minimum absolute atomic E-state index is 0.226. The van der Waals surface area contributed by atoms with Gasteiger partial charge in [0.25, 0.3) is 0 Å². The number of thioether (sulfide) groups is 1. The predicted molar refractivity (Wildman–Crippen MR) is 63.0 cm³/mol. The summed E-state index contributed by atoms with van der Waals surface area (Å²) in [5.41, 5.74) is 5.62. The fraction of sp³-hybridized carbons (Fsp3) is 0.556. The van der Waals surface area contributed by atoms with Gasteiger partial charge >= 0.3 is 0 Å². The Labute approximate surface area is 93.5 Å². The second-order valence-electron chi connectivity index (χ2n) is 3.02. The first-order chi connectivity index (χ1) is 7.26. The number of nitrogen functional groups attached to an aromatic ring is 1. The van der Waals surface area contributed by atoms with Gasteiger partial charge in [-0.25, -0.2) is 9.97 Å². The molecule has 0 unspecified atom stereocenters. The van der Waals surface area contributed by atoms with Crippen LogP contribution in [0.2, 0.25) is 0 Å². The second kappa shape index (κ2) is 6.47. The first-order valence-corrected chi connectivity index (χ1v) is 6.02. The number of rotatable bonds is 6. The molecule has 0 aliphatic carbocycles. The number of hydrogen-bond donors (Lipinski definition) is 3. The van der Waals surface area contributed by atoms with Crippen LogP contribution in [-0.4, -0.2) is 34.5 Å². The van der Waals surface area contributed by atoms with Crippen LogP contribution < -0.4 is 11.1 Å². The Hall–Kier alpha value is -1.01. The van der Waals surface area contributed by atoms with Crippen molar-refractivity contribution in [3.63, 3.8) is 0 Å². The standard InChI is InChI=1S/C9H16N4OS/c1-15-9-12-7(10)6-8(13-9)11-4-2-3-5-14/h6,14H,2-5H2,1H3,(H3,10,11,12,13). The molecule has 0 aromatic carbocycles. The molecule has 0 saturated carbocycles. The molecule has 1 aromatic heterocycles. The largest absolute Gasteiger partial charge is 0.396 e. The second-order valence-corrected chi connectivity index (χ2v) is 3.80. The van der Waals surface area contributed by atoms with E-state index < -0.39 is 0 Å². The molecular formula is C9H16N4OS. The van der Waals surface area contributed by atoms with Gasteiger partial charge in [-0.05, 0) is 19.1 Å². The molecule has 0 saturated heterocycles. The highest BCUT2D eigenvalue weighted by atomic mass is 32.2. The summed E-state index contributed by atoms with van der Waals surface area (Å²) in [6, 6.07) is 1.71. The van der Waals surface area contributed by atoms with Crippen LogP contribution in [0, 0.1) is 0 Å². The summed E-state index contributed by atoms with van der Waals surface area (Å²) in [4.78, 5) is 8.29. The van der Waals surface area contributed by atoms with Crippen LogP contribution in [0.1, 0.15) is 12.8 Å². The molecule has 0 amide bonds. The van der Waals surface area contributed by atoms with Crippen LogP contribution in [0.25, 0.3) is 0 Å². The summed E-state index contributed by atoms with van der Waals surface area (Å²) < 4.78 is 0. The number of nitrogens with two attached hydrogens (primary N) is 1. The van der Waals surface area contributed by atoms with Gasteiger partial charge in [-0.3, -0.25) is 0 Å². The molecule has 1 aromatic rings. The van der Waals surface area contributed by atoms with Crippen molar-refractivity contribution in [2.45, 2.75) is 18.0 Å². The van der Waals surface area contributed by atoms with Crippen LogP contribution in [0.3, 0.4) is 0 Å². The molecule has 5 nitrogen and oxygen atoms in total. The van der Waals surface area contributed by atoms with Gasteiger partial charge in [-0.2, -0.15) is 0 Å². The van der Waals surface area contributed by atoms with Gasteiger partial charge in [0, 0.05) is 19.2 Å². The number of nitrogens with zero attached hydrogens (tertiary/aromatic N) is 2. The highest BCUT2D eigenvalue weighted by molar-refractivity contribution is 7.98. The van der Waals surface area contributed by atoms with Gasteiger partial charge in [-0.1, -0.05) is 11.8 Å². The lowest BCUT2D eigenvalue weighted by molar-refractivity contribution is 0.286. The molecule has 6 heteroatoms. The molecule has 0 bridgehead atoms. The third kappa shape index (κ3) is 4.35. The van der Waals surface area contributed by atoms with Gasteiger partial charge in [0.05, 0.1) is 0 Å². The molecule has 0 atom stereocenters. The first-order valence-electron chi connectivity index (χ1n) is 4.79. The Balaban J connectivity index is 2.49. The summed E-state index contributed by atoms with van der Waals surface area (Å²) in [6.07, 6.45) is 3.61. The quantitative estimate of drug-likeness (QED) is 0.382. The highest BCUT2D eigenvalue weighted by Crippen LogP contribution is 2.14. The molecule has 4 N–H and O–H groups in total. The molecule has 15 heavy (non-hydrogen) atoms. The van der Waals surface area contributed by atoms with E-state index >= 15 is 0 Å². The Bertz CT molecular complexity index is 308. The number of unbranched alkanes of at least 4 members (excludes halogenated alkanes) is 1. The van der Waals surface area contributed by atoms with Crippen LogP contribution >= 0.6 is 11.8 Å². The monoisotopic (exact) mass is 228 g/mol. The summed E-state index contributed by atoms with van der Waals surface area (Å²) in [5, 5.41) is 12.4. The zero-order chi connectivity index (χ0) is 11.1. The van der Waals surface area contributed by atoms with Gasteiger partial charge < -0.3 is 16.2 Å². The lowest BCUT2D eigenvalue weighted by Crippen LogP contribution is -2.06. The normalized spacial score (nSPS) is 10.3. The Kier molecular flexibility index (Phi) is 5.20. The van der Waals surface area contributed by atoms with E-state index in [0.717, 1.165) is 25.2 Å². The van der Waals surface area contributed by atoms with Crippen LogP contribution in [0.15, 0.2) is 11.2 Å². The van der Waals surface area contributed by atoms with E-state index in [9.17, 15) is 0 Å². The average molecular weight is 228 g/mol. The molecule has 0 spiro atoms. The minimum Gasteiger partial charge on any atom is -0.396 e. The maximum absolute atomic E-state index is 8.61. The van der Waals surface area contributed by atoms with Crippen molar-refractivity contribution in [1.29, 1.82) is 0 Å². The summed E-state index contributed by atoms with van der Waals surface area (Å²) in [7, 11) is 0. The topological polar surface area (TPSA) is 84.1 Å². The van der Waals surface area contributed by atoms with E-state index in [-0.39, 0.29) is 6.61 Å². The molecule has 84 valence electrons. The van der Waals surface area contributed by atoms with Gasteiger partial charge in [0.1, 0.15) is 11.6 Å². The SMILES string of the molecule is CSc1nc(N)cc(NCCCCO)n1. The van der Waals surface area contributed by atoms with Crippen molar-refractivity contribution in [3.05, 3.63) is 6.07 Å². The average Bonchev–Trinajstić information content (AvgIpc) is 2.23. The third-order valence-corrected chi connectivity index (χ3v) is 2.35. The molecule has 0 aliphatic heterocycles. The highest BCUT2D eigenvalue weighted by Gasteiger charge is 2.00. The molecule has 1 rings (SSSR count). The van der Waals surface area contributed by atoms with Crippen LogP contribution in [-0.2, 0) is 0 Å². The smallest absolute Gasteiger partial charge is 0.191 e. The zero-order valence-electron chi connectivity index (χ0n) is 8.73. The van der Waals surface area contributed by atoms with Gasteiger partial charge in [0.15, 0.2) is 5.16 Å². The minimum atomic E-state index is 0.226. The van der Waals surface area contributed by atoms with E-state index in [0.29, 0.717) is 11.0 Å². The lowest BCUT2D eigenvalue weighted by atomic mass is 10.3. The van der Waals surface area contributed by atoms with Crippen LogP contribution in [0.5, 0.6) is 0 Å². The molecule has 0 fully saturated rings. The summed E-state index contributed by atoms with van der Waals surface area (Å²) in [5.74, 6) is 1.21. The Morgan fingerprint density at radius 3 is 2.93 bits per heavy atom. The number of aliphatic hydroxyl groups is 1. The van der Waals surface area contributed by atoms with E-state index in [1.807, 2.05) is 6.26 Å². The maximum atomic E-state index is 8.61. The van der Waals surface area contributed by atoms with Crippen molar-refractivity contribution >= 4 is 23.4 Å². The fourth-order valence-electron chi connectivity index (χ4n) is 1.08. The van der Waals surface area contributed by atoms with Crippen molar-refractivity contribution in [2.75, 3.05) is 30.5 Å². The predicted octanol–water partition coefficient (Wildman–Crippen LogP) is 0.965. The number of aliphatic hydroxyl groups excluding tert-OH is 1. The zero-order valence-corrected chi connectivity index (χ0v) is 9.55. The number of anilines is 2. The Morgan fingerprint density at radius 1 is 1.47 bits per heavy atom. The number of aromatic nitrogens is 2. The number of nitrogens with one attached hydrogen (secondary N) is 1. The van der Waals surface area contributed by atoms with Gasteiger partial charge in [0.2, 0.25) is 0 Å². The molecule has 0 aliphatic rings. The fourth-order valence-corrected chi connectivity index (χ4v) is 1.46. The summed E-state index contributed by atoms with van der Waals surface area (Å²) in [6.45, 7) is 1.01. The van der Waals surface area contributed by atoms with E-state index in [4.69, 9.17) is 10.8 Å². The van der Waals surface area contributed by atoms with E-state index in [1.165, 1.54) is 11.8 Å². The molecule has 0 radical (unpaired) electrons. The maximum Gasteiger partial charge on any atom is 0.191 e. The molecule has 1 heterocycles. The van der Waals surface area contributed by atoms with Crippen molar-refractivity contribution < 1.29 is 5.11 Å². The van der Waals surface area contributed by atoms with Crippen molar-refractivity contribution in [3.8, 4) is 0 Å². The third-order valence-electron chi connectivity index (χ3n) is 1.80. The van der Waals surface area contributed by atoms with E-state index in [1.54, 1.807) is 6.07 Å². The van der Waals surface area contributed by atoms with Crippen molar-refractivity contribution in [2.24, 2.45) is 0 Å². The summed E-state index contributed by atoms with van der Waals surface area (Å²) >= 11 is 1.46. The van der Waals surface area contributed by atoms with Crippen LogP contribution in [0.4, 0.5) is 11.6 Å². The van der Waals surface area contributed by atoms with Gasteiger partial charge in [-0.15, -0.1) is 0 Å². The Morgan fingerprint density at radius 2 is 2.27 bits per heavy atom.